The van der Waals surface area contributed by atoms with Crippen LogP contribution in [0.25, 0.3) is 0 Å². The topological polar surface area (TPSA) is 52.6 Å². The van der Waals surface area contributed by atoms with Crippen molar-refractivity contribution in [1.82, 2.24) is 0 Å². The molecule has 2 aromatic carbocycles. The minimum atomic E-state index is -0.472. The van der Waals surface area contributed by atoms with E-state index in [2.05, 4.69) is 24.3 Å². The van der Waals surface area contributed by atoms with E-state index in [1.165, 1.54) is 43.2 Å². The lowest BCUT2D eigenvalue weighted by Crippen LogP contribution is -2.18. The van der Waals surface area contributed by atoms with Gasteiger partial charge in [0.25, 0.3) is 0 Å². The van der Waals surface area contributed by atoms with E-state index >= 15 is 0 Å². The summed E-state index contributed by atoms with van der Waals surface area (Å²) in [4.78, 5) is 24.1. The Hall–Kier alpha value is -2.46. The molecule has 0 heterocycles. The second-order valence-electron chi connectivity index (χ2n) is 8.44. The summed E-state index contributed by atoms with van der Waals surface area (Å²) in [6.45, 7) is 0.878. The molecule has 0 N–H and O–H groups in total. The monoisotopic (exact) mass is 422 g/mol. The number of Topliss-reactive ketones (excluding diaryl/α,β-unsaturated/α-hetero) is 1. The molecule has 1 aliphatic rings. The molecule has 0 bridgehead atoms. The van der Waals surface area contributed by atoms with Crippen LogP contribution in [-0.4, -0.2) is 31.6 Å². The van der Waals surface area contributed by atoms with Gasteiger partial charge in [0, 0.05) is 12.5 Å². The van der Waals surface area contributed by atoms with Gasteiger partial charge < -0.3 is 9.47 Å². The molecule has 4 heteroatoms. The van der Waals surface area contributed by atoms with Crippen molar-refractivity contribution in [2.45, 2.75) is 57.3 Å². The number of benzene rings is 2. The maximum absolute atomic E-state index is 12.1. The molecule has 0 aromatic heterocycles. The molecule has 0 unspecified atom stereocenters. The highest BCUT2D eigenvalue weighted by Crippen LogP contribution is 2.28. The van der Waals surface area contributed by atoms with Crippen LogP contribution in [0.5, 0.6) is 0 Å². The lowest BCUT2D eigenvalue weighted by atomic mass is 9.87. The molecule has 0 atom stereocenters. The second kappa shape index (κ2) is 13.1. The lowest BCUT2D eigenvalue weighted by molar-refractivity contribution is -0.147. The Morgan fingerprint density at radius 3 is 2.06 bits per heavy atom. The van der Waals surface area contributed by atoms with E-state index in [4.69, 9.17) is 9.47 Å². The highest BCUT2D eigenvalue weighted by molar-refractivity contribution is 5.96. The molecule has 1 fully saturated rings. The van der Waals surface area contributed by atoms with Gasteiger partial charge in [0.1, 0.15) is 13.0 Å². The fourth-order valence-electron chi connectivity index (χ4n) is 4.36. The van der Waals surface area contributed by atoms with Crippen molar-refractivity contribution in [3.63, 3.8) is 0 Å². The number of rotatable bonds is 12. The van der Waals surface area contributed by atoms with Crippen LogP contribution in [0, 0.1) is 5.92 Å². The quantitative estimate of drug-likeness (QED) is 0.250. The van der Waals surface area contributed by atoms with Crippen molar-refractivity contribution in [1.29, 1.82) is 0 Å². The van der Waals surface area contributed by atoms with Gasteiger partial charge in [-0.25, -0.2) is 0 Å². The Labute approximate surface area is 186 Å². The van der Waals surface area contributed by atoms with Gasteiger partial charge in [-0.2, -0.15) is 0 Å². The van der Waals surface area contributed by atoms with Crippen molar-refractivity contribution in [3.05, 3.63) is 71.8 Å². The third-order valence-electron chi connectivity index (χ3n) is 6.07. The molecule has 1 saturated carbocycles. The first-order valence-electron chi connectivity index (χ1n) is 11.6. The minimum absolute atomic E-state index is 0.00151. The van der Waals surface area contributed by atoms with E-state index < -0.39 is 5.97 Å². The summed E-state index contributed by atoms with van der Waals surface area (Å²) in [5, 5.41) is 0. The van der Waals surface area contributed by atoms with E-state index in [-0.39, 0.29) is 31.3 Å². The second-order valence-corrected chi connectivity index (χ2v) is 8.44. The Morgan fingerprint density at radius 2 is 1.45 bits per heavy atom. The largest absolute Gasteiger partial charge is 0.465 e. The lowest BCUT2D eigenvalue weighted by Gasteiger charge is -2.21. The fourth-order valence-corrected chi connectivity index (χ4v) is 4.36. The number of carbonyl (C=O) groups is 2. The molecule has 0 spiro atoms. The maximum Gasteiger partial charge on any atom is 0.313 e. The summed E-state index contributed by atoms with van der Waals surface area (Å²) in [6.07, 6.45) is 7.98. The van der Waals surface area contributed by atoms with Crippen molar-refractivity contribution in [3.8, 4) is 0 Å². The van der Waals surface area contributed by atoms with E-state index in [0.29, 0.717) is 13.0 Å². The normalized spacial score (nSPS) is 14.5. The van der Waals surface area contributed by atoms with Gasteiger partial charge in [-0.05, 0) is 29.9 Å². The standard InChI is InChI=1S/C27H34O4/c28-25(21-30-18-16-22-10-4-1-5-11-22)20-27(29)31-19-17-26(23-12-6-2-7-13-23)24-14-8-3-9-15-24/h2-3,6-9,12-15,22,26H,1,4-5,10-11,16-21H2. The number of hydrogen-bond acceptors (Lipinski definition) is 4. The zero-order valence-electron chi connectivity index (χ0n) is 18.3. The Morgan fingerprint density at radius 1 is 0.839 bits per heavy atom. The molecule has 0 radical (unpaired) electrons. The summed E-state index contributed by atoms with van der Waals surface area (Å²) in [5.74, 6) is 0.196. The van der Waals surface area contributed by atoms with Gasteiger partial charge in [-0.1, -0.05) is 92.8 Å². The number of ketones is 1. The smallest absolute Gasteiger partial charge is 0.313 e. The molecule has 31 heavy (non-hydrogen) atoms. The van der Waals surface area contributed by atoms with Crippen LogP contribution in [0.3, 0.4) is 0 Å². The molecule has 3 rings (SSSR count). The van der Waals surface area contributed by atoms with Crippen LogP contribution < -0.4 is 0 Å². The van der Waals surface area contributed by atoms with Crippen LogP contribution in [0.2, 0.25) is 0 Å². The van der Waals surface area contributed by atoms with Crippen molar-refractivity contribution in [2.75, 3.05) is 19.8 Å². The SMILES string of the molecule is O=C(COCCC1CCCCC1)CC(=O)OCCC(c1ccccc1)c1ccccc1. The van der Waals surface area contributed by atoms with E-state index in [1.54, 1.807) is 0 Å². The molecule has 166 valence electrons. The Balaban J connectivity index is 1.36. The van der Waals surface area contributed by atoms with Gasteiger partial charge in [-0.3, -0.25) is 9.59 Å². The van der Waals surface area contributed by atoms with Gasteiger partial charge in [0.05, 0.1) is 6.61 Å². The number of carbonyl (C=O) groups excluding carboxylic acids is 2. The van der Waals surface area contributed by atoms with Gasteiger partial charge in [-0.15, -0.1) is 0 Å². The summed E-state index contributed by atoms with van der Waals surface area (Å²) in [6, 6.07) is 20.4. The summed E-state index contributed by atoms with van der Waals surface area (Å²) in [7, 11) is 0. The van der Waals surface area contributed by atoms with E-state index in [1.807, 2.05) is 36.4 Å². The third kappa shape index (κ3) is 8.29. The minimum Gasteiger partial charge on any atom is -0.465 e. The van der Waals surface area contributed by atoms with Gasteiger partial charge in [0.15, 0.2) is 5.78 Å². The molecule has 4 nitrogen and oxygen atoms in total. The summed E-state index contributed by atoms with van der Waals surface area (Å²) < 4.78 is 10.9. The van der Waals surface area contributed by atoms with Gasteiger partial charge in [0.2, 0.25) is 0 Å². The highest BCUT2D eigenvalue weighted by atomic mass is 16.5. The molecule has 0 saturated heterocycles. The molecule has 0 aliphatic heterocycles. The molecule has 2 aromatic rings. The average molecular weight is 423 g/mol. The first-order chi connectivity index (χ1) is 15.2. The number of ether oxygens (including phenoxy) is 2. The number of hydrogen-bond donors (Lipinski definition) is 0. The van der Waals surface area contributed by atoms with Crippen LogP contribution in [-0.2, 0) is 19.1 Å². The van der Waals surface area contributed by atoms with Crippen molar-refractivity contribution >= 4 is 11.8 Å². The third-order valence-corrected chi connectivity index (χ3v) is 6.07. The molecular weight excluding hydrogens is 388 g/mol. The van der Waals surface area contributed by atoms with Crippen molar-refractivity contribution < 1.29 is 19.1 Å². The predicted molar refractivity (Wildman–Crippen MR) is 122 cm³/mol. The highest BCUT2D eigenvalue weighted by Gasteiger charge is 2.17. The first-order valence-corrected chi connectivity index (χ1v) is 11.6. The summed E-state index contributed by atoms with van der Waals surface area (Å²) in [5.41, 5.74) is 2.37. The van der Waals surface area contributed by atoms with Crippen LogP contribution >= 0.6 is 0 Å². The van der Waals surface area contributed by atoms with Crippen LogP contribution in [0.1, 0.15) is 68.4 Å². The van der Waals surface area contributed by atoms with Crippen LogP contribution in [0.15, 0.2) is 60.7 Å². The predicted octanol–water partition coefficient (Wildman–Crippen LogP) is 5.70. The molecule has 0 amide bonds. The van der Waals surface area contributed by atoms with E-state index in [9.17, 15) is 9.59 Å². The molecule has 1 aliphatic carbocycles. The summed E-state index contributed by atoms with van der Waals surface area (Å²) >= 11 is 0. The van der Waals surface area contributed by atoms with Gasteiger partial charge >= 0.3 is 5.97 Å². The maximum atomic E-state index is 12.1. The van der Waals surface area contributed by atoms with Crippen LogP contribution in [0.4, 0.5) is 0 Å². The number of esters is 1. The Bertz CT molecular complexity index is 742. The van der Waals surface area contributed by atoms with Crippen molar-refractivity contribution in [2.24, 2.45) is 5.92 Å². The average Bonchev–Trinajstić information content (AvgIpc) is 2.81. The Kier molecular flexibility index (Phi) is 9.78. The zero-order valence-corrected chi connectivity index (χ0v) is 18.3. The fraction of sp³-hybridized carbons (Fsp3) is 0.481. The van der Waals surface area contributed by atoms with E-state index in [0.717, 1.165) is 12.3 Å². The zero-order chi connectivity index (χ0) is 21.7. The molecular formula is C27H34O4. The first kappa shape index (κ1) is 23.2.